The van der Waals surface area contributed by atoms with Crippen LogP contribution in [-0.4, -0.2) is 34.0 Å². The maximum absolute atomic E-state index is 12.6. The zero-order valence-electron chi connectivity index (χ0n) is 15.0. The van der Waals surface area contributed by atoms with Crippen LogP contribution >= 0.6 is 24.0 Å². The molecule has 8 heteroatoms. The number of piperidine rings is 1. The minimum Gasteiger partial charge on any atom is -0.344 e. The molecule has 2 heterocycles. The van der Waals surface area contributed by atoms with Crippen LogP contribution in [0.1, 0.15) is 54.8 Å². The van der Waals surface area contributed by atoms with Gasteiger partial charge in [0, 0.05) is 5.02 Å². The molecule has 1 amide bonds. The van der Waals surface area contributed by atoms with Gasteiger partial charge in [0.25, 0.3) is 5.91 Å². The first-order valence-corrected chi connectivity index (χ1v) is 9.11. The van der Waals surface area contributed by atoms with Crippen LogP contribution in [0.15, 0.2) is 30.5 Å². The Hall–Kier alpha value is -1.63. The van der Waals surface area contributed by atoms with Crippen LogP contribution in [0.2, 0.25) is 5.02 Å². The largest absolute Gasteiger partial charge is 0.344 e. The summed E-state index contributed by atoms with van der Waals surface area (Å²) in [5.41, 5.74) is 1.39. The number of hydrogen-bond acceptors (Lipinski definition) is 4. The fraction of sp³-hybridized carbons (Fsp3) is 0.500. The van der Waals surface area contributed by atoms with Crippen molar-refractivity contribution in [3.05, 3.63) is 46.7 Å². The van der Waals surface area contributed by atoms with E-state index in [-0.39, 0.29) is 30.3 Å². The molecule has 1 saturated heterocycles. The van der Waals surface area contributed by atoms with E-state index in [4.69, 9.17) is 11.6 Å². The number of halogens is 2. The molecule has 0 spiro atoms. The molecule has 1 unspecified atom stereocenters. The first-order valence-electron chi connectivity index (χ1n) is 8.73. The van der Waals surface area contributed by atoms with Crippen LogP contribution in [0.3, 0.4) is 0 Å². The second kappa shape index (κ2) is 9.35. The van der Waals surface area contributed by atoms with Crippen molar-refractivity contribution in [2.24, 2.45) is 5.92 Å². The van der Waals surface area contributed by atoms with Gasteiger partial charge in [-0.1, -0.05) is 42.8 Å². The molecule has 3 rings (SSSR count). The average molecular weight is 398 g/mol. The molecule has 1 fully saturated rings. The van der Waals surface area contributed by atoms with Gasteiger partial charge in [0.2, 0.25) is 0 Å². The van der Waals surface area contributed by atoms with Crippen LogP contribution in [0, 0.1) is 5.92 Å². The van der Waals surface area contributed by atoms with Crippen LogP contribution in [0.5, 0.6) is 0 Å². The number of nitrogens with zero attached hydrogens (tertiary/aromatic N) is 3. The highest BCUT2D eigenvalue weighted by molar-refractivity contribution is 6.30. The van der Waals surface area contributed by atoms with Gasteiger partial charge < -0.3 is 10.6 Å². The molecule has 2 aromatic rings. The highest BCUT2D eigenvalue weighted by Gasteiger charge is 2.22. The van der Waals surface area contributed by atoms with Crippen LogP contribution < -0.4 is 10.6 Å². The van der Waals surface area contributed by atoms with Crippen molar-refractivity contribution in [3.8, 4) is 0 Å². The van der Waals surface area contributed by atoms with Gasteiger partial charge in [-0.15, -0.1) is 17.5 Å². The Balaban J connectivity index is 0.00000243. The normalized spacial score (nSPS) is 16.2. The highest BCUT2D eigenvalue weighted by atomic mass is 35.5. The number of carbonyl (C=O) groups is 1. The smallest absolute Gasteiger partial charge is 0.273 e. The standard InChI is InChI=1S/C18H24ClN5O.ClH/c1-12(2)17(13-3-5-14(19)6-4-13)21-18(25)16-11-24(23-22-16)15-7-9-20-10-8-15;/h3-6,11-12,15,17,20H,7-10H2,1-2H3,(H,21,25);1H. The van der Waals surface area contributed by atoms with Gasteiger partial charge in [-0.3, -0.25) is 4.79 Å². The molecular weight excluding hydrogens is 373 g/mol. The lowest BCUT2D eigenvalue weighted by Gasteiger charge is -2.23. The van der Waals surface area contributed by atoms with E-state index < -0.39 is 0 Å². The molecule has 1 aliphatic heterocycles. The number of benzene rings is 1. The fourth-order valence-corrected chi connectivity index (χ4v) is 3.28. The van der Waals surface area contributed by atoms with E-state index in [0.29, 0.717) is 16.8 Å². The predicted molar refractivity (Wildman–Crippen MR) is 105 cm³/mol. The Morgan fingerprint density at radius 3 is 2.54 bits per heavy atom. The van der Waals surface area contributed by atoms with Gasteiger partial charge in [-0.25, -0.2) is 4.68 Å². The number of carbonyl (C=O) groups excluding carboxylic acids is 1. The van der Waals surface area contributed by atoms with Crippen molar-refractivity contribution < 1.29 is 4.79 Å². The van der Waals surface area contributed by atoms with Gasteiger partial charge >= 0.3 is 0 Å². The lowest BCUT2D eigenvalue weighted by molar-refractivity contribution is 0.0920. The molecule has 2 N–H and O–H groups in total. The summed E-state index contributed by atoms with van der Waals surface area (Å²) in [6, 6.07) is 7.77. The maximum Gasteiger partial charge on any atom is 0.273 e. The Morgan fingerprint density at radius 2 is 1.92 bits per heavy atom. The van der Waals surface area contributed by atoms with Crippen molar-refractivity contribution in [2.45, 2.75) is 38.8 Å². The first-order chi connectivity index (χ1) is 12.0. The van der Waals surface area contributed by atoms with E-state index >= 15 is 0 Å². The molecule has 0 bridgehead atoms. The first kappa shape index (κ1) is 20.7. The van der Waals surface area contributed by atoms with E-state index in [0.717, 1.165) is 31.5 Å². The van der Waals surface area contributed by atoms with E-state index in [9.17, 15) is 4.79 Å². The summed E-state index contributed by atoms with van der Waals surface area (Å²) in [5.74, 6) is 0.0402. The second-order valence-corrected chi connectivity index (χ2v) is 7.25. The van der Waals surface area contributed by atoms with Gasteiger partial charge in [-0.05, 0) is 49.5 Å². The van der Waals surface area contributed by atoms with Crippen LogP contribution in [0.4, 0.5) is 0 Å². The quantitative estimate of drug-likeness (QED) is 0.810. The van der Waals surface area contributed by atoms with Crippen molar-refractivity contribution >= 4 is 29.9 Å². The minimum atomic E-state index is -0.200. The lowest BCUT2D eigenvalue weighted by atomic mass is 9.96. The monoisotopic (exact) mass is 397 g/mol. The maximum atomic E-state index is 12.6. The Bertz CT molecular complexity index is 711. The highest BCUT2D eigenvalue weighted by Crippen LogP contribution is 2.24. The molecule has 1 aliphatic rings. The second-order valence-electron chi connectivity index (χ2n) is 6.81. The summed E-state index contributed by atoms with van der Waals surface area (Å²) in [6.45, 7) is 6.09. The summed E-state index contributed by atoms with van der Waals surface area (Å²) in [5, 5.41) is 15.3. The molecule has 1 atom stereocenters. The minimum absolute atomic E-state index is 0. The van der Waals surface area contributed by atoms with Crippen molar-refractivity contribution in [2.75, 3.05) is 13.1 Å². The average Bonchev–Trinajstić information content (AvgIpc) is 3.11. The SMILES string of the molecule is CC(C)C(NC(=O)c1cn(C2CCNCC2)nn1)c1ccc(Cl)cc1.Cl. The lowest BCUT2D eigenvalue weighted by Crippen LogP contribution is -2.32. The number of hydrogen-bond donors (Lipinski definition) is 2. The zero-order chi connectivity index (χ0) is 17.8. The molecule has 0 aliphatic carbocycles. The summed E-state index contributed by atoms with van der Waals surface area (Å²) < 4.78 is 1.82. The third-order valence-corrected chi connectivity index (χ3v) is 4.86. The summed E-state index contributed by atoms with van der Waals surface area (Å²) in [4.78, 5) is 12.6. The van der Waals surface area contributed by atoms with E-state index in [1.54, 1.807) is 6.20 Å². The number of rotatable bonds is 5. The summed E-state index contributed by atoms with van der Waals surface area (Å²) in [7, 11) is 0. The Morgan fingerprint density at radius 1 is 1.27 bits per heavy atom. The molecular formula is C18H25Cl2N5O. The van der Waals surface area contributed by atoms with Gasteiger partial charge in [-0.2, -0.15) is 0 Å². The van der Waals surface area contributed by atoms with E-state index in [1.807, 2.05) is 28.9 Å². The topological polar surface area (TPSA) is 71.8 Å². The van der Waals surface area contributed by atoms with Crippen molar-refractivity contribution in [1.82, 2.24) is 25.6 Å². The zero-order valence-corrected chi connectivity index (χ0v) is 16.6. The molecule has 0 saturated carbocycles. The molecule has 6 nitrogen and oxygen atoms in total. The third kappa shape index (κ3) is 4.96. The third-order valence-electron chi connectivity index (χ3n) is 4.61. The van der Waals surface area contributed by atoms with Crippen molar-refractivity contribution in [3.63, 3.8) is 0 Å². The molecule has 1 aromatic heterocycles. The molecule has 1 aromatic carbocycles. The van der Waals surface area contributed by atoms with Crippen molar-refractivity contribution in [1.29, 1.82) is 0 Å². The number of nitrogens with one attached hydrogen (secondary N) is 2. The summed E-state index contributed by atoms with van der Waals surface area (Å²) in [6.07, 6.45) is 3.76. The number of amides is 1. The van der Waals surface area contributed by atoms with Gasteiger partial charge in [0.05, 0.1) is 18.3 Å². The van der Waals surface area contributed by atoms with E-state index in [2.05, 4.69) is 34.8 Å². The Labute approximate surface area is 165 Å². The van der Waals surface area contributed by atoms with Crippen LogP contribution in [0.25, 0.3) is 0 Å². The predicted octanol–water partition coefficient (Wildman–Crippen LogP) is 3.40. The van der Waals surface area contributed by atoms with Crippen LogP contribution in [-0.2, 0) is 0 Å². The molecule has 0 radical (unpaired) electrons. The molecule has 142 valence electrons. The summed E-state index contributed by atoms with van der Waals surface area (Å²) >= 11 is 5.96. The molecule has 26 heavy (non-hydrogen) atoms. The fourth-order valence-electron chi connectivity index (χ4n) is 3.15. The number of aromatic nitrogens is 3. The van der Waals surface area contributed by atoms with Gasteiger partial charge in [0.15, 0.2) is 5.69 Å². The van der Waals surface area contributed by atoms with Gasteiger partial charge in [0.1, 0.15) is 0 Å². The Kier molecular flexibility index (Phi) is 7.43. The van der Waals surface area contributed by atoms with E-state index in [1.165, 1.54) is 0 Å².